The maximum absolute atomic E-state index is 13.1. The number of thioether (sulfide) groups is 2. The molecule has 0 aliphatic carbocycles. The summed E-state index contributed by atoms with van der Waals surface area (Å²) >= 11 is 2.80. The Labute approximate surface area is 181 Å². The second-order valence-electron chi connectivity index (χ2n) is 6.97. The number of nitrogens with one attached hydrogen (secondary N) is 1. The first kappa shape index (κ1) is 23.8. The van der Waals surface area contributed by atoms with Gasteiger partial charge in [0.15, 0.2) is 5.12 Å². The van der Waals surface area contributed by atoms with Gasteiger partial charge >= 0.3 is 0 Å². The van der Waals surface area contributed by atoms with Crippen LogP contribution in [0.4, 0.5) is 0 Å². The molecule has 2 rings (SSSR count). The minimum Gasteiger partial charge on any atom is -0.378 e. The number of benzene rings is 1. The second-order valence-corrected chi connectivity index (χ2v) is 9.15. The van der Waals surface area contributed by atoms with Gasteiger partial charge < -0.3 is 15.0 Å². The smallest absolute Gasteiger partial charge is 0.245 e. The van der Waals surface area contributed by atoms with Crippen molar-refractivity contribution in [2.24, 2.45) is 5.92 Å². The van der Waals surface area contributed by atoms with Gasteiger partial charge in [0.05, 0.1) is 19.1 Å². The van der Waals surface area contributed by atoms with E-state index >= 15 is 0 Å². The monoisotopic (exact) mass is 438 g/mol. The molecular formula is C21H30N2O4S2. The third-order valence-electron chi connectivity index (χ3n) is 4.73. The van der Waals surface area contributed by atoms with Crippen molar-refractivity contribution in [3.8, 4) is 0 Å². The lowest BCUT2D eigenvalue weighted by molar-refractivity contribution is -0.140. The highest BCUT2D eigenvalue weighted by atomic mass is 32.2. The van der Waals surface area contributed by atoms with Crippen LogP contribution in [0.5, 0.6) is 0 Å². The summed E-state index contributed by atoms with van der Waals surface area (Å²) in [4.78, 5) is 39.3. The maximum atomic E-state index is 13.1. The first-order valence-corrected chi connectivity index (χ1v) is 12.2. The number of carbonyl (C=O) groups excluding carboxylic acids is 3. The third kappa shape index (κ3) is 8.40. The summed E-state index contributed by atoms with van der Waals surface area (Å²) in [7, 11) is 0. The molecule has 0 aromatic heterocycles. The van der Waals surface area contributed by atoms with Crippen LogP contribution in [0.15, 0.2) is 30.3 Å². The van der Waals surface area contributed by atoms with Crippen LogP contribution in [0.3, 0.4) is 0 Å². The van der Waals surface area contributed by atoms with E-state index in [9.17, 15) is 14.4 Å². The van der Waals surface area contributed by atoms with Crippen LogP contribution >= 0.6 is 23.5 Å². The molecule has 160 valence electrons. The van der Waals surface area contributed by atoms with Crippen LogP contribution in [0.1, 0.15) is 18.9 Å². The fourth-order valence-electron chi connectivity index (χ4n) is 3.13. The number of amides is 2. The molecule has 1 aliphatic rings. The van der Waals surface area contributed by atoms with Gasteiger partial charge in [-0.05, 0) is 30.4 Å². The minimum absolute atomic E-state index is 0.0146. The van der Waals surface area contributed by atoms with Crippen LogP contribution in [-0.4, -0.2) is 71.9 Å². The van der Waals surface area contributed by atoms with Crippen molar-refractivity contribution < 1.29 is 19.1 Å². The highest BCUT2D eigenvalue weighted by molar-refractivity contribution is 8.13. The molecule has 2 amide bonds. The van der Waals surface area contributed by atoms with Crippen LogP contribution in [0.2, 0.25) is 0 Å². The Balaban J connectivity index is 2.07. The van der Waals surface area contributed by atoms with Gasteiger partial charge in [0, 0.05) is 25.8 Å². The number of nitrogens with zero attached hydrogens (tertiary/aromatic N) is 1. The molecular weight excluding hydrogens is 408 g/mol. The van der Waals surface area contributed by atoms with E-state index < -0.39 is 6.04 Å². The first-order valence-electron chi connectivity index (χ1n) is 9.84. The van der Waals surface area contributed by atoms with Crippen LogP contribution < -0.4 is 5.32 Å². The van der Waals surface area contributed by atoms with E-state index in [1.165, 1.54) is 6.92 Å². The summed E-state index contributed by atoms with van der Waals surface area (Å²) in [6.07, 6.45) is 3.11. The van der Waals surface area contributed by atoms with Gasteiger partial charge in [-0.25, -0.2) is 0 Å². The first-order chi connectivity index (χ1) is 14.0. The fourth-order valence-corrected chi connectivity index (χ4v) is 4.31. The summed E-state index contributed by atoms with van der Waals surface area (Å²) in [5, 5.41) is 2.97. The molecule has 1 aromatic carbocycles. The third-order valence-corrected chi connectivity index (χ3v) is 6.35. The van der Waals surface area contributed by atoms with E-state index in [0.717, 1.165) is 23.1 Å². The largest absolute Gasteiger partial charge is 0.378 e. The summed E-state index contributed by atoms with van der Waals surface area (Å²) in [6.45, 7) is 3.67. The topological polar surface area (TPSA) is 75.7 Å². The number of carbonyl (C=O) groups is 3. The zero-order valence-electron chi connectivity index (χ0n) is 17.1. The van der Waals surface area contributed by atoms with Crippen molar-refractivity contribution in [3.63, 3.8) is 0 Å². The van der Waals surface area contributed by atoms with E-state index in [2.05, 4.69) is 5.32 Å². The highest BCUT2D eigenvalue weighted by Crippen LogP contribution is 2.17. The molecule has 1 aliphatic heterocycles. The molecule has 1 fully saturated rings. The Morgan fingerprint density at radius 1 is 1.17 bits per heavy atom. The predicted molar refractivity (Wildman–Crippen MR) is 119 cm³/mol. The molecule has 2 atom stereocenters. The Bertz CT molecular complexity index is 666. The van der Waals surface area contributed by atoms with Crippen molar-refractivity contribution in [1.29, 1.82) is 0 Å². The van der Waals surface area contributed by atoms with Gasteiger partial charge in [0.25, 0.3) is 0 Å². The molecule has 1 saturated heterocycles. The molecule has 1 N–H and O–H groups in total. The lowest BCUT2D eigenvalue weighted by Gasteiger charge is -2.31. The number of hydrogen-bond donors (Lipinski definition) is 1. The molecule has 0 radical (unpaired) electrons. The Morgan fingerprint density at radius 3 is 2.48 bits per heavy atom. The lowest BCUT2D eigenvalue weighted by atomic mass is 9.99. The van der Waals surface area contributed by atoms with Crippen molar-refractivity contribution in [2.45, 2.75) is 25.8 Å². The van der Waals surface area contributed by atoms with Crippen LogP contribution in [0, 0.1) is 5.92 Å². The van der Waals surface area contributed by atoms with Crippen molar-refractivity contribution in [1.82, 2.24) is 10.2 Å². The molecule has 8 heteroatoms. The number of hydrogen-bond acceptors (Lipinski definition) is 6. The van der Waals surface area contributed by atoms with Crippen LogP contribution in [-0.2, 0) is 25.5 Å². The minimum atomic E-state index is -0.548. The van der Waals surface area contributed by atoms with Gasteiger partial charge in [0.2, 0.25) is 11.8 Å². The van der Waals surface area contributed by atoms with Gasteiger partial charge in [0.1, 0.15) is 6.04 Å². The zero-order chi connectivity index (χ0) is 21.1. The molecule has 0 spiro atoms. The zero-order valence-corrected chi connectivity index (χ0v) is 18.7. The van der Waals surface area contributed by atoms with Gasteiger partial charge in [-0.3, -0.25) is 14.4 Å². The molecule has 0 saturated carbocycles. The summed E-state index contributed by atoms with van der Waals surface area (Å²) in [5.41, 5.74) is 1.04. The predicted octanol–water partition coefficient (Wildman–Crippen LogP) is 2.22. The molecule has 1 aromatic rings. The van der Waals surface area contributed by atoms with Crippen molar-refractivity contribution in [3.05, 3.63) is 35.9 Å². The van der Waals surface area contributed by atoms with E-state index in [4.69, 9.17) is 4.74 Å². The van der Waals surface area contributed by atoms with Gasteiger partial charge in [-0.15, -0.1) is 0 Å². The molecule has 1 unspecified atom stereocenters. The Kier molecular flexibility index (Phi) is 10.6. The van der Waals surface area contributed by atoms with Crippen molar-refractivity contribution >= 4 is 40.5 Å². The standard InChI is InChI=1S/C21H30N2O4S2/c1-16(24)29-15-18(14-17-6-4-3-5-7-17)20(25)22-19(8-13-28-2)21(26)23-9-11-27-12-10-23/h3-7,18-19H,8-15H2,1-2H3,(H,22,25)/t18?,19-/m0/s1. The number of ether oxygens (including phenoxy) is 1. The molecule has 1 heterocycles. The van der Waals surface area contributed by atoms with E-state index in [1.807, 2.05) is 36.6 Å². The normalized spacial score (nSPS) is 16.1. The van der Waals surface area contributed by atoms with E-state index in [0.29, 0.717) is 44.9 Å². The maximum Gasteiger partial charge on any atom is 0.245 e. The summed E-state index contributed by atoms with van der Waals surface area (Å²) in [5.74, 6) is 0.591. The SMILES string of the molecule is CSCC[C@H](NC(=O)C(CSC(C)=O)Cc1ccccc1)C(=O)N1CCOCC1. The second kappa shape index (κ2) is 12.9. The summed E-state index contributed by atoms with van der Waals surface area (Å²) < 4.78 is 5.33. The fraction of sp³-hybridized carbons (Fsp3) is 0.571. The highest BCUT2D eigenvalue weighted by Gasteiger charge is 2.29. The average molecular weight is 439 g/mol. The average Bonchev–Trinajstić information content (AvgIpc) is 2.74. The summed E-state index contributed by atoms with van der Waals surface area (Å²) in [6, 6.07) is 9.21. The number of morpholine rings is 1. The Morgan fingerprint density at radius 2 is 1.86 bits per heavy atom. The molecule has 29 heavy (non-hydrogen) atoms. The van der Waals surface area contributed by atoms with E-state index in [1.54, 1.807) is 16.7 Å². The lowest BCUT2D eigenvalue weighted by Crippen LogP contribution is -2.53. The molecule has 0 bridgehead atoms. The van der Waals surface area contributed by atoms with E-state index in [-0.39, 0.29) is 22.8 Å². The Hall–Kier alpha value is -1.51. The van der Waals surface area contributed by atoms with Crippen molar-refractivity contribution in [2.75, 3.05) is 44.1 Å². The number of rotatable bonds is 10. The quantitative estimate of drug-likeness (QED) is 0.604. The van der Waals surface area contributed by atoms with Gasteiger partial charge in [-0.1, -0.05) is 42.1 Å². The van der Waals surface area contributed by atoms with Gasteiger partial charge in [-0.2, -0.15) is 11.8 Å². The molecule has 6 nitrogen and oxygen atoms in total. The van der Waals surface area contributed by atoms with Crippen LogP contribution in [0.25, 0.3) is 0 Å².